The van der Waals surface area contributed by atoms with Crippen LogP contribution in [0.15, 0.2) is 64.0 Å². The molecule has 152 valence electrons. The minimum absolute atomic E-state index is 0.0631. The fraction of sp³-hybridized carbons (Fsp3) is 0.238. The number of aromatic nitrogens is 1. The number of nitrogens with zero attached hydrogens (tertiary/aromatic N) is 2. The number of carbonyl (C=O) groups is 1. The molecule has 0 amide bonds. The van der Waals surface area contributed by atoms with Crippen LogP contribution in [-0.4, -0.2) is 26.1 Å². The fourth-order valence-corrected chi connectivity index (χ4v) is 4.64. The van der Waals surface area contributed by atoms with Crippen molar-refractivity contribution in [1.82, 2.24) is 5.16 Å². The van der Waals surface area contributed by atoms with Gasteiger partial charge in [0.25, 0.3) is 10.0 Å². The molecular formula is C21H22N2O5S. The Hall–Kier alpha value is -3.13. The molecule has 1 heterocycles. The van der Waals surface area contributed by atoms with Gasteiger partial charge < -0.3 is 9.26 Å². The third-order valence-electron chi connectivity index (χ3n) is 4.35. The van der Waals surface area contributed by atoms with Crippen LogP contribution in [0, 0.1) is 13.8 Å². The average molecular weight is 414 g/mol. The number of sulfonamides is 1. The second kappa shape index (κ2) is 8.48. The lowest BCUT2D eigenvalue weighted by Crippen LogP contribution is -2.31. The molecular weight excluding hydrogens is 392 g/mol. The van der Waals surface area contributed by atoms with Crippen molar-refractivity contribution < 1.29 is 22.5 Å². The van der Waals surface area contributed by atoms with Gasteiger partial charge in [-0.1, -0.05) is 29.4 Å². The number of ether oxygens (including phenoxy) is 1. The molecule has 8 heteroatoms. The Morgan fingerprint density at radius 3 is 2.45 bits per heavy atom. The number of esters is 1. The van der Waals surface area contributed by atoms with E-state index >= 15 is 0 Å². The molecule has 0 unspecified atom stereocenters. The lowest BCUT2D eigenvalue weighted by molar-refractivity contribution is 0.0437. The molecule has 1 aromatic heterocycles. The van der Waals surface area contributed by atoms with Gasteiger partial charge >= 0.3 is 5.97 Å². The number of benzene rings is 2. The van der Waals surface area contributed by atoms with Crippen molar-refractivity contribution in [2.45, 2.75) is 32.3 Å². The fourth-order valence-electron chi connectivity index (χ4n) is 2.91. The Morgan fingerprint density at radius 1 is 1.10 bits per heavy atom. The lowest BCUT2D eigenvalue weighted by Gasteiger charge is -2.24. The van der Waals surface area contributed by atoms with Crippen molar-refractivity contribution in [2.24, 2.45) is 0 Å². The van der Waals surface area contributed by atoms with Crippen LogP contribution < -0.4 is 4.31 Å². The van der Waals surface area contributed by atoms with Crippen molar-refractivity contribution in [3.8, 4) is 0 Å². The van der Waals surface area contributed by atoms with E-state index in [0.29, 0.717) is 22.7 Å². The number of carbonyl (C=O) groups excluding carboxylic acids is 1. The molecule has 0 N–H and O–H groups in total. The second-order valence-corrected chi connectivity index (χ2v) is 8.33. The molecule has 7 nitrogen and oxygen atoms in total. The molecule has 3 rings (SSSR count). The van der Waals surface area contributed by atoms with Crippen LogP contribution in [0.25, 0.3) is 0 Å². The lowest BCUT2D eigenvalue weighted by atomic mass is 10.1. The molecule has 0 bridgehead atoms. The Labute approximate surface area is 169 Å². The highest BCUT2D eigenvalue weighted by Gasteiger charge is 2.26. The minimum atomic E-state index is -3.86. The van der Waals surface area contributed by atoms with E-state index in [9.17, 15) is 13.2 Å². The molecule has 3 aromatic rings. The molecule has 0 aliphatic heterocycles. The Kier molecular flexibility index (Phi) is 6.03. The predicted molar refractivity (Wildman–Crippen MR) is 108 cm³/mol. The van der Waals surface area contributed by atoms with Crippen LogP contribution in [0.1, 0.15) is 34.3 Å². The summed E-state index contributed by atoms with van der Waals surface area (Å²) in [6, 6.07) is 15.0. The van der Waals surface area contributed by atoms with Gasteiger partial charge in [-0.25, -0.2) is 13.2 Å². The first-order chi connectivity index (χ1) is 13.8. The van der Waals surface area contributed by atoms with Gasteiger partial charge in [-0.05, 0) is 50.6 Å². The van der Waals surface area contributed by atoms with E-state index in [1.807, 2.05) is 6.07 Å². The second-order valence-electron chi connectivity index (χ2n) is 6.50. The third kappa shape index (κ3) is 4.48. The maximum absolute atomic E-state index is 13.3. The average Bonchev–Trinajstić information content (AvgIpc) is 3.12. The summed E-state index contributed by atoms with van der Waals surface area (Å²) in [7, 11) is -3.86. The van der Waals surface area contributed by atoms with E-state index in [2.05, 4.69) is 5.16 Å². The number of hydrogen-bond acceptors (Lipinski definition) is 6. The highest BCUT2D eigenvalue weighted by molar-refractivity contribution is 7.92. The largest absolute Gasteiger partial charge is 0.454 e. The van der Waals surface area contributed by atoms with Crippen molar-refractivity contribution in [2.75, 3.05) is 10.8 Å². The first-order valence-electron chi connectivity index (χ1n) is 9.10. The topological polar surface area (TPSA) is 89.7 Å². The van der Waals surface area contributed by atoms with Gasteiger partial charge in [0, 0.05) is 12.6 Å². The predicted octanol–water partition coefficient (Wildman–Crippen LogP) is 3.86. The molecule has 29 heavy (non-hydrogen) atoms. The zero-order valence-corrected chi connectivity index (χ0v) is 17.3. The highest BCUT2D eigenvalue weighted by atomic mass is 32.2. The number of para-hydroxylation sites is 1. The molecule has 0 saturated carbocycles. The van der Waals surface area contributed by atoms with E-state index in [4.69, 9.17) is 9.26 Å². The molecule has 0 saturated heterocycles. The third-order valence-corrected chi connectivity index (χ3v) is 6.39. The summed E-state index contributed by atoms with van der Waals surface area (Å²) >= 11 is 0. The van der Waals surface area contributed by atoms with Crippen LogP contribution in [0.5, 0.6) is 0 Å². The maximum Gasteiger partial charge on any atom is 0.338 e. The normalized spacial score (nSPS) is 11.3. The van der Waals surface area contributed by atoms with Crippen LogP contribution in [0.2, 0.25) is 0 Å². The number of aryl methyl sites for hydroxylation is 2. The van der Waals surface area contributed by atoms with E-state index in [0.717, 1.165) is 0 Å². The Morgan fingerprint density at radius 2 is 1.83 bits per heavy atom. The number of anilines is 1. The van der Waals surface area contributed by atoms with Crippen LogP contribution in [0.4, 0.5) is 5.69 Å². The van der Waals surface area contributed by atoms with E-state index < -0.39 is 16.0 Å². The Bertz CT molecular complexity index is 1110. The van der Waals surface area contributed by atoms with Gasteiger partial charge in [0.05, 0.1) is 21.8 Å². The minimum Gasteiger partial charge on any atom is -0.454 e. The zero-order valence-electron chi connectivity index (χ0n) is 16.5. The van der Waals surface area contributed by atoms with Gasteiger partial charge in [-0.15, -0.1) is 0 Å². The van der Waals surface area contributed by atoms with E-state index in [1.165, 1.54) is 10.4 Å². The van der Waals surface area contributed by atoms with Crippen LogP contribution >= 0.6 is 0 Å². The van der Waals surface area contributed by atoms with Crippen molar-refractivity contribution >= 4 is 21.7 Å². The van der Waals surface area contributed by atoms with Crippen LogP contribution in [0.3, 0.4) is 0 Å². The van der Waals surface area contributed by atoms with Crippen molar-refractivity contribution in [3.63, 3.8) is 0 Å². The first-order valence-corrected chi connectivity index (χ1v) is 10.5. The maximum atomic E-state index is 13.3. The summed E-state index contributed by atoms with van der Waals surface area (Å²) < 4.78 is 38.1. The Balaban J connectivity index is 1.88. The van der Waals surface area contributed by atoms with Gasteiger partial charge in [-0.3, -0.25) is 4.31 Å². The van der Waals surface area contributed by atoms with Gasteiger partial charge in [0.15, 0.2) is 12.4 Å². The van der Waals surface area contributed by atoms with Crippen molar-refractivity contribution in [3.05, 3.63) is 77.2 Å². The van der Waals surface area contributed by atoms with Gasteiger partial charge in [0.1, 0.15) is 0 Å². The van der Waals surface area contributed by atoms with Crippen LogP contribution in [-0.2, 0) is 21.4 Å². The summed E-state index contributed by atoms with van der Waals surface area (Å²) in [6.45, 7) is 5.39. The van der Waals surface area contributed by atoms with E-state index in [1.54, 1.807) is 63.2 Å². The molecule has 0 aliphatic carbocycles. The standard InChI is InChI=1S/C21H22N2O5S/c1-4-23(18-8-6-5-7-9-18)29(25,26)20-13-17(11-10-15(20)2)21(24)27-14-19-12-16(3)22-28-19/h5-13H,4,14H2,1-3H3. The molecule has 0 fully saturated rings. The van der Waals surface area contributed by atoms with E-state index in [-0.39, 0.29) is 23.6 Å². The molecule has 0 radical (unpaired) electrons. The molecule has 0 aliphatic rings. The summed E-state index contributed by atoms with van der Waals surface area (Å²) in [4.78, 5) is 12.5. The summed E-state index contributed by atoms with van der Waals surface area (Å²) in [5, 5.41) is 3.73. The molecule has 0 spiro atoms. The number of rotatable bonds is 7. The molecule has 0 atom stereocenters. The summed E-state index contributed by atoms with van der Waals surface area (Å²) in [5.41, 5.74) is 1.93. The SMILES string of the molecule is CCN(c1ccccc1)S(=O)(=O)c1cc(C(=O)OCc2cc(C)no2)ccc1C. The summed E-state index contributed by atoms with van der Waals surface area (Å²) in [5.74, 6) is -0.227. The zero-order chi connectivity index (χ0) is 21.0. The highest BCUT2D eigenvalue weighted by Crippen LogP contribution is 2.26. The van der Waals surface area contributed by atoms with Crippen molar-refractivity contribution in [1.29, 1.82) is 0 Å². The summed E-state index contributed by atoms with van der Waals surface area (Å²) in [6.07, 6.45) is 0. The first kappa shape index (κ1) is 20.6. The monoisotopic (exact) mass is 414 g/mol. The van der Waals surface area contributed by atoms with Gasteiger partial charge in [-0.2, -0.15) is 0 Å². The molecule has 2 aromatic carbocycles. The quantitative estimate of drug-likeness (QED) is 0.545. The smallest absolute Gasteiger partial charge is 0.338 e. The van der Waals surface area contributed by atoms with Gasteiger partial charge in [0.2, 0.25) is 0 Å². The number of hydrogen-bond donors (Lipinski definition) is 0.